The highest BCUT2D eigenvalue weighted by molar-refractivity contribution is 5.66. The van der Waals surface area contributed by atoms with E-state index in [9.17, 15) is 15.3 Å². The second-order valence-corrected chi connectivity index (χ2v) is 4.41. The minimum absolute atomic E-state index is 0.139. The van der Waals surface area contributed by atoms with Gasteiger partial charge >= 0.3 is 0 Å². The molecule has 86 valence electrons. The van der Waals surface area contributed by atoms with Gasteiger partial charge in [0.2, 0.25) is 0 Å². The Kier molecular flexibility index (Phi) is 1.94. The summed E-state index contributed by atoms with van der Waals surface area (Å²) >= 11 is 0. The van der Waals surface area contributed by atoms with Crippen LogP contribution in [0.5, 0.6) is 11.5 Å². The summed E-state index contributed by atoms with van der Waals surface area (Å²) < 4.78 is 5.13. The first-order valence-electron chi connectivity index (χ1n) is 5.47. The Morgan fingerprint density at radius 2 is 1.69 bits per heavy atom. The van der Waals surface area contributed by atoms with Crippen molar-refractivity contribution in [3.8, 4) is 11.5 Å². The molecule has 2 aliphatic rings. The molecule has 2 aliphatic carbocycles. The van der Waals surface area contributed by atoms with E-state index in [4.69, 9.17) is 4.74 Å². The van der Waals surface area contributed by atoms with Crippen molar-refractivity contribution in [1.29, 1.82) is 0 Å². The summed E-state index contributed by atoms with van der Waals surface area (Å²) in [5, 5.41) is 29.5. The first-order chi connectivity index (χ1) is 7.66. The summed E-state index contributed by atoms with van der Waals surface area (Å²) in [6.45, 7) is 0. The molecule has 0 radical (unpaired) electrons. The van der Waals surface area contributed by atoms with Gasteiger partial charge in [-0.05, 0) is 30.4 Å². The van der Waals surface area contributed by atoms with Crippen LogP contribution < -0.4 is 4.74 Å². The lowest BCUT2D eigenvalue weighted by Crippen LogP contribution is -2.26. The number of ether oxygens (including phenoxy) is 1. The zero-order valence-corrected chi connectivity index (χ0v) is 9.03. The van der Waals surface area contributed by atoms with Crippen molar-refractivity contribution in [2.75, 3.05) is 7.11 Å². The van der Waals surface area contributed by atoms with Gasteiger partial charge in [-0.2, -0.15) is 0 Å². The first kappa shape index (κ1) is 9.93. The van der Waals surface area contributed by atoms with Crippen molar-refractivity contribution >= 4 is 0 Å². The number of aliphatic hydroxyl groups is 2. The van der Waals surface area contributed by atoms with Gasteiger partial charge in [0, 0.05) is 11.1 Å². The number of hydrogen-bond donors (Lipinski definition) is 3. The Bertz CT molecular complexity index is 458. The topological polar surface area (TPSA) is 69.9 Å². The average molecular weight is 222 g/mol. The van der Waals surface area contributed by atoms with Gasteiger partial charge in [0.05, 0.1) is 7.11 Å². The van der Waals surface area contributed by atoms with E-state index in [-0.39, 0.29) is 5.75 Å². The van der Waals surface area contributed by atoms with Crippen molar-refractivity contribution in [2.24, 2.45) is 0 Å². The van der Waals surface area contributed by atoms with Crippen molar-refractivity contribution in [1.82, 2.24) is 0 Å². The predicted molar refractivity (Wildman–Crippen MR) is 56.6 cm³/mol. The number of hydrogen-bond acceptors (Lipinski definition) is 4. The number of phenols is 1. The SMILES string of the molecule is COc1c(O)c2c(c3c1[C@H](O)[C@@H]3O)CCC2. The Morgan fingerprint density at radius 1 is 1.06 bits per heavy atom. The van der Waals surface area contributed by atoms with Gasteiger partial charge in [0.1, 0.15) is 12.2 Å². The van der Waals surface area contributed by atoms with Crippen LogP contribution in [0.1, 0.15) is 40.9 Å². The van der Waals surface area contributed by atoms with Gasteiger partial charge in [-0.3, -0.25) is 0 Å². The van der Waals surface area contributed by atoms with Gasteiger partial charge in [-0.15, -0.1) is 0 Å². The maximum absolute atomic E-state index is 10.0. The summed E-state index contributed by atoms with van der Waals surface area (Å²) in [5.74, 6) is 0.466. The quantitative estimate of drug-likeness (QED) is 0.662. The third-order valence-electron chi connectivity index (χ3n) is 3.67. The van der Waals surface area contributed by atoms with E-state index in [0.29, 0.717) is 11.3 Å². The summed E-state index contributed by atoms with van der Waals surface area (Å²) in [5.41, 5.74) is 3.22. The van der Waals surface area contributed by atoms with E-state index in [1.807, 2.05) is 0 Å². The number of aliphatic hydroxyl groups excluding tert-OH is 2. The van der Waals surface area contributed by atoms with E-state index in [0.717, 1.165) is 36.0 Å². The number of benzene rings is 1. The van der Waals surface area contributed by atoms with Crippen LogP contribution in [-0.4, -0.2) is 22.4 Å². The molecule has 1 aromatic carbocycles. The van der Waals surface area contributed by atoms with Crippen LogP contribution in [0.3, 0.4) is 0 Å². The summed E-state index contributed by atoms with van der Waals surface area (Å²) in [6, 6.07) is 0. The third-order valence-corrected chi connectivity index (χ3v) is 3.67. The van der Waals surface area contributed by atoms with E-state index in [1.54, 1.807) is 0 Å². The molecule has 2 atom stereocenters. The highest BCUT2D eigenvalue weighted by atomic mass is 16.5. The number of rotatable bonds is 1. The molecule has 3 rings (SSSR count). The van der Waals surface area contributed by atoms with E-state index in [1.165, 1.54) is 7.11 Å². The minimum Gasteiger partial charge on any atom is -0.504 e. The molecular weight excluding hydrogens is 208 g/mol. The van der Waals surface area contributed by atoms with Crippen LogP contribution in [0.4, 0.5) is 0 Å². The maximum atomic E-state index is 10.0. The lowest BCUT2D eigenvalue weighted by atomic mass is 9.77. The first-order valence-corrected chi connectivity index (χ1v) is 5.47. The molecule has 0 aliphatic heterocycles. The lowest BCUT2D eigenvalue weighted by molar-refractivity contribution is -0.0159. The van der Waals surface area contributed by atoms with E-state index >= 15 is 0 Å². The monoisotopic (exact) mass is 222 g/mol. The minimum atomic E-state index is -0.929. The molecule has 0 bridgehead atoms. The molecule has 0 unspecified atom stereocenters. The summed E-state index contributed by atoms with van der Waals surface area (Å²) in [4.78, 5) is 0. The molecule has 16 heavy (non-hydrogen) atoms. The number of methoxy groups -OCH3 is 1. The molecule has 1 aromatic rings. The molecule has 4 nitrogen and oxygen atoms in total. The smallest absolute Gasteiger partial charge is 0.167 e. The predicted octanol–water partition coefficient (Wildman–Crippen LogP) is 0.970. The average Bonchev–Trinajstić information content (AvgIpc) is 2.76. The highest BCUT2D eigenvalue weighted by Crippen LogP contribution is 2.56. The standard InChI is InChI=1S/C12H14O4/c1-16-12-8-7(10(14)11(8)15)5-3-2-4-6(5)9(12)13/h10-11,13-15H,2-4H2,1H3/t10-,11+/m1/s1. The third kappa shape index (κ3) is 0.961. The van der Waals surface area contributed by atoms with Gasteiger partial charge < -0.3 is 20.1 Å². The molecule has 0 saturated heterocycles. The molecule has 0 amide bonds. The van der Waals surface area contributed by atoms with Crippen molar-refractivity contribution < 1.29 is 20.1 Å². The molecule has 4 heteroatoms. The largest absolute Gasteiger partial charge is 0.504 e. The van der Waals surface area contributed by atoms with Crippen LogP contribution >= 0.6 is 0 Å². The van der Waals surface area contributed by atoms with Crippen LogP contribution in [0.15, 0.2) is 0 Å². The highest BCUT2D eigenvalue weighted by Gasteiger charge is 2.43. The molecule has 3 N–H and O–H groups in total. The van der Waals surface area contributed by atoms with Crippen LogP contribution in [-0.2, 0) is 12.8 Å². The molecule has 0 aromatic heterocycles. The Hall–Kier alpha value is -1.26. The number of phenolic OH excluding ortho intramolecular Hbond substituents is 1. The van der Waals surface area contributed by atoms with Gasteiger partial charge in [0.15, 0.2) is 11.5 Å². The second kappa shape index (κ2) is 3.12. The fourth-order valence-electron chi connectivity index (χ4n) is 2.91. The number of fused-ring (bicyclic) bond motifs is 3. The van der Waals surface area contributed by atoms with Gasteiger partial charge in [-0.1, -0.05) is 0 Å². The molecular formula is C12H14O4. The second-order valence-electron chi connectivity index (χ2n) is 4.41. The van der Waals surface area contributed by atoms with Crippen LogP contribution in [0, 0.1) is 0 Å². The Balaban J connectivity index is 2.31. The molecule has 0 spiro atoms. The molecule has 0 fully saturated rings. The van der Waals surface area contributed by atoms with Crippen molar-refractivity contribution in [3.05, 3.63) is 22.3 Å². The summed E-state index contributed by atoms with van der Waals surface area (Å²) in [6.07, 6.45) is 0.899. The fraction of sp³-hybridized carbons (Fsp3) is 0.500. The van der Waals surface area contributed by atoms with E-state index < -0.39 is 12.2 Å². The molecule has 0 heterocycles. The Labute approximate surface area is 93.1 Å². The molecule has 0 saturated carbocycles. The van der Waals surface area contributed by atoms with Crippen molar-refractivity contribution in [3.63, 3.8) is 0 Å². The zero-order valence-electron chi connectivity index (χ0n) is 9.03. The fourth-order valence-corrected chi connectivity index (χ4v) is 2.91. The van der Waals surface area contributed by atoms with Gasteiger partial charge in [0.25, 0.3) is 0 Å². The maximum Gasteiger partial charge on any atom is 0.167 e. The zero-order chi connectivity index (χ0) is 11.4. The Morgan fingerprint density at radius 3 is 2.38 bits per heavy atom. The summed E-state index contributed by atoms with van der Waals surface area (Å²) in [7, 11) is 1.47. The van der Waals surface area contributed by atoms with Gasteiger partial charge in [-0.25, -0.2) is 0 Å². The van der Waals surface area contributed by atoms with Crippen LogP contribution in [0.25, 0.3) is 0 Å². The van der Waals surface area contributed by atoms with Crippen LogP contribution in [0.2, 0.25) is 0 Å². The number of aromatic hydroxyl groups is 1. The van der Waals surface area contributed by atoms with E-state index in [2.05, 4.69) is 0 Å². The lowest BCUT2D eigenvalue weighted by Gasteiger charge is -2.36. The van der Waals surface area contributed by atoms with Crippen molar-refractivity contribution in [2.45, 2.75) is 31.5 Å². The normalized spacial score (nSPS) is 25.9.